The minimum Gasteiger partial charge on any atom is -0.391 e. The number of aliphatic hydroxyl groups excluding tert-OH is 1. The van der Waals surface area contributed by atoms with E-state index in [-0.39, 0.29) is 11.5 Å². The molecule has 1 N–H and O–H groups in total. The third-order valence-corrected chi connectivity index (χ3v) is 6.53. The number of nitrogens with zero attached hydrogens (tertiary/aromatic N) is 1. The lowest BCUT2D eigenvalue weighted by atomic mass is 9.40. The van der Waals surface area contributed by atoms with Gasteiger partial charge in [-0.15, -0.1) is 0 Å². The van der Waals surface area contributed by atoms with E-state index in [0.717, 1.165) is 38.1 Å². The smallest absolute Gasteiger partial charge is 0.228 e. The first kappa shape index (κ1) is 13.1. The third-order valence-electron chi connectivity index (χ3n) is 6.53. The first-order chi connectivity index (χ1) is 9.32. The Balaban J connectivity index is 1.65. The van der Waals surface area contributed by atoms with Crippen LogP contribution in [0.15, 0.2) is 0 Å². The van der Waals surface area contributed by atoms with Gasteiger partial charge in [-0.25, -0.2) is 0 Å². The molecule has 0 aromatic heterocycles. The molecule has 3 nitrogen and oxygen atoms in total. The Kier molecular flexibility index (Phi) is 2.49. The van der Waals surface area contributed by atoms with E-state index in [1.54, 1.807) is 0 Å². The number of rotatable bonds is 1. The number of β-amino-alcohol motifs (C(OH)–C–C–N with tert-alkyl or cyclic N) is 1. The van der Waals surface area contributed by atoms with E-state index in [9.17, 15) is 9.90 Å². The Hall–Kier alpha value is -0.570. The molecule has 5 rings (SSSR count). The average Bonchev–Trinajstić information content (AvgIpc) is 2.69. The lowest BCUT2D eigenvalue weighted by molar-refractivity contribution is -0.178. The van der Waals surface area contributed by atoms with Crippen LogP contribution in [0.3, 0.4) is 0 Å². The van der Waals surface area contributed by atoms with Gasteiger partial charge in [-0.3, -0.25) is 4.79 Å². The molecule has 4 aliphatic carbocycles. The van der Waals surface area contributed by atoms with Crippen LogP contribution in [0.1, 0.15) is 58.8 Å². The summed E-state index contributed by atoms with van der Waals surface area (Å²) in [7, 11) is 0. The fourth-order valence-electron chi connectivity index (χ4n) is 6.95. The van der Waals surface area contributed by atoms with Gasteiger partial charge in [0.25, 0.3) is 0 Å². The molecule has 5 aliphatic rings. The number of hydrogen-bond donors (Lipinski definition) is 1. The summed E-state index contributed by atoms with van der Waals surface area (Å²) in [5.41, 5.74) is 0.692. The zero-order valence-electron chi connectivity index (χ0n) is 12.8. The maximum absolute atomic E-state index is 13.1. The molecule has 1 saturated heterocycles. The number of hydrogen-bond acceptors (Lipinski definition) is 2. The standard InChI is InChI=1S/C17H27NO2/c1-15-5-12-6-16(2,9-15)11-17(7-12,10-15)14(20)18-4-3-13(19)8-18/h12-13,19H,3-11H2,1-2H3/t12?,13-,15+,16+,17?/m0/s1. The van der Waals surface area contributed by atoms with Crippen molar-refractivity contribution >= 4 is 5.91 Å². The Morgan fingerprint density at radius 1 is 1.10 bits per heavy atom. The lowest BCUT2D eigenvalue weighted by Gasteiger charge is -2.65. The topological polar surface area (TPSA) is 40.5 Å². The number of carbonyl (C=O) groups is 1. The van der Waals surface area contributed by atoms with E-state index in [4.69, 9.17) is 0 Å². The van der Waals surface area contributed by atoms with Gasteiger partial charge in [0.2, 0.25) is 5.91 Å². The zero-order chi connectivity index (χ0) is 14.2. The van der Waals surface area contributed by atoms with Crippen molar-refractivity contribution in [3.05, 3.63) is 0 Å². The van der Waals surface area contributed by atoms with Crippen molar-refractivity contribution in [2.75, 3.05) is 13.1 Å². The van der Waals surface area contributed by atoms with Crippen LogP contribution >= 0.6 is 0 Å². The summed E-state index contributed by atoms with van der Waals surface area (Å²) in [5.74, 6) is 1.13. The van der Waals surface area contributed by atoms with Crippen molar-refractivity contribution in [2.24, 2.45) is 22.2 Å². The molecule has 3 atom stereocenters. The summed E-state index contributed by atoms with van der Waals surface area (Å²) in [6, 6.07) is 0. The highest BCUT2D eigenvalue weighted by atomic mass is 16.3. The van der Waals surface area contributed by atoms with Gasteiger partial charge in [-0.05, 0) is 61.7 Å². The molecule has 0 spiro atoms. The molecule has 1 aliphatic heterocycles. The minimum atomic E-state index is -0.293. The highest BCUT2D eigenvalue weighted by Crippen LogP contribution is 2.69. The van der Waals surface area contributed by atoms with Crippen LogP contribution in [-0.4, -0.2) is 35.1 Å². The Morgan fingerprint density at radius 3 is 2.25 bits per heavy atom. The van der Waals surface area contributed by atoms with E-state index in [1.165, 1.54) is 19.3 Å². The van der Waals surface area contributed by atoms with Crippen molar-refractivity contribution in [2.45, 2.75) is 64.9 Å². The van der Waals surface area contributed by atoms with Gasteiger partial charge in [0.05, 0.1) is 11.5 Å². The Morgan fingerprint density at radius 2 is 1.75 bits per heavy atom. The van der Waals surface area contributed by atoms with Gasteiger partial charge in [-0.1, -0.05) is 13.8 Å². The number of amides is 1. The van der Waals surface area contributed by atoms with Crippen molar-refractivity contribution in [3.63, 3.8) is 0 Å². The summed E-state index contributed by atoms with van der Waals surface area (Å²) in [4.78, 5) is 15.1. The molecule has 1 heterocycles. The van der Waals surface area contributed by atoms with E-state index < -0.39 is 0 Å². The average molecular weight is 277 g/mol. The second kappa shape index (κ2) is 3.79. The highest BCUT2D eigenvalue weighted by Gasteiger charge is 2.63. The fraction of sp³-hybridized carbons (Fsp3) is 0.941. The predicted octanol–water partition coefficient (Wildman–Crippen LogP) is 2.58. The van der Waals surface area contributed by atoms with Gasteiger partial charge in [-0.2, -0.15) is 0 Å². The van der Waals surface area contributed by atoms with Crippen LogP contribution in [0.5, 0.6) is 0 Å². The summed E-state index contributed by atoms with van der Waals surface area (Å²) in [6.45, 7) is 6.16. The summed E-state index contributed by atoms with van der Waals surface area (Å²) < 4.78 is 0. The fourth-order valence-corrected chi connectivity index (χ4v) is 6.95. The van der Waals surface area contributed by atoms with Crippen LogP contribution in [0.4, 0.5) is 0 Å². The second-order valence-corrected chi connectivity index (χ2v) is 9.10. The number of carbonyl (C=O) groups excluding carboxylic acids is 1. The van der Waals surface area contributed by atoms with Gasteiger partial charge in [0.1, 0.15) is 0 Å². The van der Waals surface area contributed by atoms with Gasteiger partial charge < -0.3 is 10.0 Å². The van der Waals surface area contributed by atoms with E-state index >= 15 is 0 Å². The highest BCUT2D eigenvalue weighted by molar-refractivity contribution is 5.84. The van der Waals surface area contributed by atoms with Crippen LogP contribution in [-0.2, 0) is 4.79 Å². The summed E-state index contributed by atoms with van der Waals surface area (Å²) in [5, 5.41) is 9.74. The van der Waals surface area contributed by atoms with Crippen molar-refractivity contribution in [1.82, 2.24) is 4.90 Å². The lowest BCUT2D eigenvalue weighted by Crippen LogP contribution is -2.60. The van der Waals surface area contributed by atoms with Gasteiger partial charge in [0, 0.05) is 13.1 Å². The molecule has 0 radical (unpaired) electrons. The van der Waals surface area contributed by atoms with Crippen molar-refractivity contribution in [1.29, 1.82) is 0 Å². The summed E-state index contributed by atoms with van der Waals surface area (Å²) in [6.07, 6.45) is 7.76. The zero-order valence-corrected chi connectivity index (χ0v) is 12.8. The molecule has 1 amide bonds. The maximum atomic E-state index is 13.1. The molecule has 0 unspecified atom stereocenters. The first-order valence-corrected chi connectivity index (χ1v) is 8.29. The maximum Gasteiger partial charge on any atom is 0.228 e. The SMILES string of the molecule is C[C@]12CC3CC(C(=O)N4CC[C@H](O)C4)(C1)C[C@](C)(C3)C2. The van der Waals surface area contributed by atoms with Crippen molar-refractivity contribution < 1.29 is 9.90 Å². The molecular weight excluding hydrogens is 250 g/mol. The summed E-state index contributed by atoms with van der Waals surface area (Å²) >= 11 is 0. The predicted molar refractivity (Wildman–Crippen MR) is 77.0 cm³/mol. The molecular formula is C17H27NO2. The van der Waals surface area contributed by atoms with Crippen LogP contribution in [0.2, 0.25) is 0 Å². The molecule has 3 heteroatoms. The minimum absolute atomic E-state index is 0.0903. The first-order valence-electron chi connectivity index (χ1n) is 8.29. The number of aliphatic hydroxyl groups is 1. The van der Waals surface area contributed by atoms with Crippen LogP contribution in [0.25, 0.3) is 0 Å². The molecule has 5 fully saturated rings. The van der Waals surface area contributed by atoms with Gasteiger partial charge in [0.15, 0.2) is 0 Å². The molecule has 20 heavy (non-hydrogen) atoms. The van der Waals surface area contributed by atoms with E-state index in [1.807, 2.05) is 4.90 Å². The van der Waals surface area contributed by atoms with Gasteiger partial charge >= 0.3 is 0 Å². The quantitative estimate of drug-likeness (QED) is 0.800. The van der Waals surface area contributed by atoms with Crippen LogP contribution in [0, 0.1) is 22.2 Å². The Bertz CT molecular complexity index is 442. The molecule has 112 valence electrons. The van der Waals surface area contributed by atoms with E-state index in [0.29, 0.717) is 23.3 Å². The van der Waals surface area contributed by atoms with Crippen LogP contribution < -0.4 is 0 Å². The Labute approximate surface area is 121 Å². The molecule has 0 aromatic rings. The van der Waals surface area contributed by atoms with E-state index in [2.05, 4.69) is 13.8 Å². The normalized spacial score (nSPS) is 53.6. The third kappa shape index (κ3) is 1.78. The molecule has 0 aromatic carbocycles. The van der Waals surface area contributed by atoms with Crippen molar-refractivity contribution in [3.8, 4) is 0 Å². The largest absolute Gasteiger partial charge is 0.391 e. The molecule has 4 saturated carbocycles. The second-order valence-electron chi connectivity index (χ2n) is 9.10. The monoisotopic (exact) mass is 277 g/mol. The molecule has 4 bridgehead atoms. The number of likely N-dealkylation sites (tertiary alicyclic amines) is 1.